The molecule has 1 N–H and O–H groups in total. The maximum Gasteiger partial charge on any atom is 0.216 e. The van der Waals surface area contributed by atoms with Crippen molar-refractivity contribution in [3.8, 4) is 29.0 Å². The molecule has 2 aromatic heterocycles. The molecule has 0 aliphatic rings. The van der Waals surface area contributed by atoms with Crippen molar-refractivity contribution in [3.63, 3.8) is 0 Å². The van der Waals surface area contributed by atoms with E-state index in [1.165, 1.54) is 4.68 Å². The standard InChI is InChI=1S/C18H18N6O2S/c1-11-13(7-14(9-19)23(11)2)10-20-24-17(21-22-18(24)27)12-5-6-15(25-3)16(8-12)26-4/h5-8,10H,1-4H3,(H,22,27)/b20-10-. The fraction of sp³-hybridized carbons (Fsp3) is 0.222. The third-order valence-corrected chi connectivity index (χ3v) is 4.56. The van der Waals surface area contributed by atoms with Crippen molar-refractivity contribution < 1.29 is 9.47 Å². The predicted molar refractivity (Wildman–Crippen MR) is 104 cm³/mol. The van der Waals surface area contributed by atoms with Gasteiger partial charge in [0, 0.05) is 23.9 Å². The number of ether oxygens (including phenoxy) is 2. The fourth-order valence-corrected chi connectivity index (χ4v) is 2.82. The molecule has 0 saturated heterocycles. The van der Waals surface area contributed by atoms with Crippen molar-refractivity contribution in [2.45, 2.75) is 6.92 Å². The molecule has 3 rings (SSSR count). The summed E-state index contributed by atoms with van der Waals surface area (Å²) in [5.41, 5.74) is 3.08. The first-order valence-electron chi connectivity index (χ1n) is 8.00. The Morgan fingerprint density at radius 1 is 1.26 bits per heavy atom. The molecule has 0 fully saturated rings. The largest absolute Gasteiger partial charge is 0.493 e. The number of methoxy groups -OCH3 is 2. The minimum Gasteiger partial charge on any atom is -0.493 e. The molecule has 0 aliphatic carbocycles. The van der Waals surface area contributed by atoms with E-state index in [1.54, 1.807) is 38.6 Å². The number of aromatic nitrogens is 4. The molecular weight excluding hydrogens is 364 g/mol. The number of H-pyrrole nitrogens is 1. The first-order valence-corrected chi connectivity index (χ1v) is 8.41. The lowest BCUT2D eigenvalue weighted by Gasteiger charge is -2.09. The molecule has 0 spiro atoms. The molecule has 2 heterocycles. The first-order chi connectivity index (χ1) is 13.0. The Balaban J connectivity index is 2.04. The fourth-order valence-electron chi connectivity index (χ4n) is 2.64. The number of benzene rings is 1. The Morgan fingerprint density at radius 3 is 2.63 bits per heavy atom. The van der Waals surface area contributed by atoms with E-state index in [-0.39, 0.29) is 0 Å². The molecule has 8 nitrogen and oxygen atoms in total. The van der Waals surface area contributed by atoms with Gasteiger partial charge in [-0.3, -0.25) is 0 Å². The highest BCUT2D eigenvalue weighted by molar-refractivity contribution is 7.71. The molecule has 9 heteroatoms. The zero-order chi connectivity index (χ0) is 19.6. The summed E-state index contributed by atoms with van der Waals surface area (Å²) in [5, 5.41) is 20.6. The quantitative estimate of drug-likeness (QED) is 0.541. The summed E-state index contributed by atoms with van der Waals surface area (Å²) < 4.78 is 14.3. The third-order valence-electron chi connectivity index (χ3n) is 4.29. The molecule has 138 valence electrons. The van der Waals surface area contributed by atoms with Gasteiger partial charge >= 0.3 is 0 Å². The molecule has 27 heavy (non-hydrogen) atoms. The van der Waals surface area contributed by atoms with Crippen LogP contribution in [-0.4, -0.2) is 39.9 Å². The van der Waals surface area contributed by atoms with Crippen molar-refractivity contribution in [2.24, 2.45) is 12.1 Å². The summed E-state index contributed by atoms with van der Waals surface area (Å²) >= 11 is 5.30. The molecule has 0 saturated carbocycles. The van der Waals surface area contributed by atoms with Crippen LogP contribution in [0.15, 0.2) is 29.4 Å². The Kier molecular flexibility index (Phi) is 5.09. The molecule has 1 aromatic carbocycles. The highest BCUT2D eigenvalue weighted by Gasteiger charge is 2.13. The minimum absolute atomic E-state index is 0.352. The zero-order valence-corrected chi connectivity index (χ0v) is 16.2. The maximum atomic E-state index is 9.16. The van der Waals surface area contributed by atoms with Gasteiger partial charge in [0.25, 0.3) is 0 Å². The Bertz CT molecular complexity index is 1120. The smallest absolute Gasteiger partial charge is 0.216 e. The van der Waals surface area contributed by atoms with Crippen LogP contribution in [0, 0.1) is 23.0 Å². The number of rotatable bonds is 5. The predicted octanol–water partition coefficient (Wildman–Crippen LogP) is 3.03. The van der Waals surface area contributed by atoms with Crippen molar-refractivity contribution in [1.29, 1.82) is 5.26 Å². The Morgan fingerprint density at radius 2 is 2.00 bits per heavy atom. The van der Waals surface area contributed by atoms with Crippen molar-refractivity contribution in [1.82, 2.24) is 19.4 Å². The van der Waals surface area contributed by atoms with Crippen LogP contribution < -0.4 is 9.47 Å². The summed E-state index contributed by atoms with van der Waals surface area (Å²) in [5.74, 6) is 1.73. The molecule has 0 radical (unpaired) electrons. The van der Waals surface area contributed by atoms with Crippen LogP contribution in [0.3, 0.4) is 0 Å². The van der Waals surface area contributed by atoms with Crippen LogP contribution in [0.2, 0.25) is 0 Å². The number of nitriles is 1. The molecule has 0 aliphatic heterocycles. The second-order valence-corrected chi connectivity index (χ2v) is 6.11. The average Bonchev–Trinajstić information content (AvgIpc) is 3.19. The lowest BCUT2D eigenvalue weighted by molar-refractivity contribution is 0.355. The van der Waals surface area contributed by atoms with E-state index in [0.29, 0.717) is 27.8 Å². The van der Waals surface area contributed by atoms with Crippen LogP contribution >= 0.6 is 12.2 Å². The topological polar surface area (TPSA) is 93.1 Å². The van der Waals surface area contributed by atoms with E-state index in [9.17, 15) is 0 Å². The van der Waals surface area contributed by atoms with Gasteiger partial charge in [0.15, 0.2) is 17.3 Å². The van der Waals surface area contributed by atoms with E-state index in [2.05, 4.69) is 21.4 Å². The normalized spacial score (nSPS) is 10.9. The van der Waals surface area contributed by atoms with Crippen molar-refractivity contribution in [3.05, 3.63) is 46.0 Å². The van der Waals surface area contributed by atoms with Gasteiger partial charge in [-0.05, 0) is 43.4 Å². The van der Waals surface area contributed by atoms with Crippen LogP contribution in [0.1, 0.15) is 17.0 Å². The second kappa shape index (κ2) is 7.47. The first kappa shape index (κ1) is 18.4. The van der Waals surface area contributed by atoms with Gasteiger partial charge in [-0.2, -0.15) is 20.1 Å². The highest BCUT2D eigenvalue weighted by Crippen LogP contribution is 2.31. The second-order valence-electron chi connectivity index (χ2n) is 5.72. The number of hydrogen-bond donors (Lipinski definition) is 1. The lowest BCUT2D eigenvalue weighted by Crippen LogP contribution is -1.98. The molecule has 0 atom stereocenters. The number of aromatic amines is 1. The molecular formula is C18H18N6O2S. The van der Waals surface area contributed by atoms with E-state index in [0.717, 1.165) is 16.8 Å². The molecule has 3 aromatic rings. The average molecular weight is 382 g/mol. The van der Waals surface area contributed by atoms with Crippen LogP contribution in [0.4, 0.5) is 0 Å². The summed E-state index contributed by atoms with van der Waals surface area (Å²) in [6, 6.07) is 9.37. The summed E-state index contributed by atoms with van der Waals surface area (Å²) in [6.45, 7) is 1.92. The minimum atomic E-state index is 0.352. The van der Waals surface area contributed by atoms with Crippen molar-refractivity contribution >= 4 is 18.4 Å². The molecule has 0 bridgehead atoms. The van der Waals surface area contributed by atoms with E-state index in [4.69, 9.17) is 27.0 Å². The van der Waals surface area contributed by atoms with Crippen LogP contribution in [0.25, 0.3) is 11.4 Å². The summed E-state index contributed by atoms with van der Waals surface area (Å²) in [6.07, 6.45) is 1.66. The van der Waals surface area contributed by atoms with Gasteiger partial charge in [-0.15, -0.1) is 0 Å². The number of hydrogen-bond acceptors (Lipinski definition) is 6. The van der Waals surface area contributed by atoms with Crippen LogP contribution in [-0.2, 0) is 7.05 Å². The molecule has 0 unspecified atom stereocenters. The van der Waals surface area contributed by atoms with Gasteiger partial charge in [-0.1, -0.05) is 0 Å². The molecule has 0 amide bonds. The van der Waals surface area contributed by atoms with Gasteiger partial charge in [0.05, 0.1) is 20.4 Å². The Hall–Kier alpha value is -3.38. The summed E-state index contributed by atoms with van der Waals surface area (Å²) in [4.78, 5) is 0. The number of nitrogens with zero attached hydrogens (tertiary/aromatic N) is 5. The van der Waals surface area contributed by atoms with Gasteiger partial charge in [-0.25, -0.2) is 5.10 Å². The van der Waals surface area contributed by atoms with E-state index in [1.807, 2.05) is 24.6 Å². The van der Waals surface area contributed by atoms with Crippen molar-refractivity contribution in [2.75, 3.05) is 14.2 Å². The zero-order valence-electron chi connectivity index (χ0n) is 15.3. The van der Waals surface area contributed by atoms with E-state index < -0.39 is 0 Å². The SMILES string of the molecule is COc1ccc(-c2n[nH]c(=S)n2/N=C\c2cc(C#N)n(C)c2C)cc1OC. The van der Waals surface area contributed by atoms with Crippen LogP contribution in [0.5, 0.6) is 11.5 Å². The third kappa shape index (κ3) is 3.35. The lowest BCUT2D eigenvalue weighted by atomic mass is 10.2. The summed E-state index contributed by atoms with van der Waals surface area (Å²) in [7, 11) is 4.99. The number of nitrogens with one attached hydrogen (secondary N) is 1. The van der Waals surface area contributed by atoms with Gasteiger partial charge in [0.2, 0.25) is 4.77 Å². The van der Waals surface area contributed by atoms with Gasteiger partial charge < -0.3 is 14.0 Å². The van der Waals surface area contributed by atoms with E-state index >= 15 is 0 Å². The highest BCUT2D eigenvalue weighted by atomic mass is 32.1. The maximum absolute atomic E-state index is 9.16. The Labute approximate surface area is 161 Å². The van der Waals surface area contributed by atoms with Gasteiger partial charge in [0.1, 0.15) is 11.8 Å². The monoisotopic (exact) mass is 382 g/mol.